The average Bonchev–Trinajstić information content (AvgIpc) is 2.26. The summed E-state index contributed by atoms with van der Waals surface area (Å²) < 4.78 is 43.2. The zero-order chi connectivity index (χ0) is 16.6. The standard InChI is InChI=1S/C12H24NO6PS/c1-3-7-13(8-4-2,9-5-11-20(14,15)16)10-6-12-21(17,18)19/h3-4H,1-2,5-12H2,(H2-,14,15,16,17,18,19)/p-1. The van der Waals surface area contributed by atoms with Crippen molar-refractivity contribution in [2.45, 2.75) is 12.8 Å². The van der Waals surface area contributed by atoms with Crippen molar-refractivity contribution in [3.63, 3.8) is 0 Å². The highest BCUT2D eigenvalue weighted by atomic mass is 32.2. The van der Waals surface area contributed by atoms with Crippen molar-refractivity contribution in [3.05, 3.63) is 25.3 Å². The Morgan fingerprint density at radius 1 is 1.14 bits per heavy atom. The maximum atomic E-state index is 10.8. The SMILES string of the molecule is C=CC[N+](CC=C)(CCCP(=O)([O-])O)CCCS(=O)(=O)[O-]. The van der Waals surface area contributed by atoms with Crippen molar-refractivity contribution in [2.75, 3.05) is 38.1 Å². The van der Waals surface area contributed by atoms with E-state index in [1.165, 1.54) is 0 Å². The van der Waals surface area contributed by atoms with Gasteiger partial charge in [0.1, 0.15) is 7.60 Å². The van der Waals surface area contributed by atoms with Crippen LogP contribution in [-0.4, -0.2) is 60.4 Å². The highest BCUT2D eigenvalue weighted by molar-refractivity contribution is 7.85. The van der Waals surface area contributed by atoms with Crippen molar-refractivity contribution < 1.29 is 31.8 Å². The molecule has 1 N–H and O–H groups in total. The maximum absolute atomic E-state index is 10.8. The third-order valence-corrected chi connectivity index (χ3v) is 4.80. The summed E-state index contributed by atoms with van der Waals surface area (Å²) in [7, 11) is -8.57. The molecule has 0 aromatic rings. The van der Waals surface area contributed by atoms with E-state index in [4.69, 9.17) is 4.89 Å². The fourth-order valence-corrected chi connectivity index (χ4v) is 3.31. The fraction of sp³-hybridized carbons (Fsp3) is 0.667. The quantitative estimate of drug-likeness (QED) is 0.232. The van der Waals surface area contributed by atoms with Crippen LogP contribution in [0.4, 0.5) is 0 Å². The van der Waals surface area contributed by atoms with Crippen molar-refractivity contribution in [2.24, 2.45) is 0 Å². The summed E-state index contributed by atoms with van der Waals surface area (Å²) in [6, 6.07) is 0. The van der Waals surface area contributed by atoms with Gasteiger partial charge < -0.3 is 23.4 Å². The van der Waals surface area contributed by atoms with E-state index in [0.717, 1.165) is 0 Å². The molecule has 1 unspecified atom stereocenters. The number of rotatable bonds is 12. The highest BCUT2D eigenvalue weighted by Crippen LogP contribution is 2.30. The molecule has 0 aromatic heterocycles. The topological polar surface area (TPSA) is 118 Å². The molecule has 0 saturated carbocycles. The molecule has 0 bridgehead atoms. The molecule has 0 spiro atoms. The van der Waals surface area contributed by atoms with Crippen LogP contribution in [0, 0.1) is 0 Å². The van der Waals surface area contributed by atoms with E-state index < -0.39 is 23.5 Å². The largest absolute Gasteiger partial charge is 0.779 e. The lowest BCUT2D eigenvalue weighted by Gasteiger charge is -2.37. The van der Waals surface area contributed by atoms with E-state index in [1.807, 2.05) is 0 Å². The van der Waals surface area contributed by atoms with Crippen molar-refractivity contribution >= 4 is 17.7 Å². The predicted octanol–water partition coefficient (Wildman–Crippen LogP) is 0.0463. The fourth-order valence-electron chi connectivity index (χ4n) is 2.28. The maximum Gasteiger partial charge on any atom is 0.132 e. The summed E-state index contributed by atoms with van der Waals surface area (Å²) in [5.74, 6) is -0.457. The minimum Gasteiger partial charge on any atom is -0.779 e. The summed E-state index contributed by atoms with van der Waals surface area (Å²) in [5.41, 5.74) is 0. The van der Waals surface area contributed by atoms with Gasteiger partial charge in [0.05, 0.1) is 36.3 Å². The van der Waals surface area contributed by atoms with Gasteiger partial charge in [0.2, 0.25) is 0 Å². The molecular weight excluding hydrogens is 317 g/mol. The van der Waals surface area contributed by atoms with E-state index in [2.05, 4.69) is 13.2 Å². The van der Waals surface area contributed by atoms with Gasteiger partial charge >= 0.3 is 0 Å². The molecule has 0 radical (unpaired) electrons. The van der Waals surface area contributed by atoms with E-state index in [-0.39, 0.29) is 19.0 Å². The average molecular weight is 340 g/mol. The van der Waals surface area contributed by atoms with Crippen LogP contribution in [0.5, 0.6) is 0 Å². The first kappa shape index (κ1) is 20.5. The van der Waals surface area contributed by atoms with E-state index in [9.17, 15) is 22.4 Å². The second-order valence-corrected chi connectivity index (χ2v) is 8.31. The van der Waals surface area contributed by atoms with Gasteiger partial charge in [-0.1, -0.05) is 13.2 Å². The van der Waals surface area contributed by atoms with Crippen LogP contribution in [0.3, 0.4) is 0 Å². The monoisotopic (exact) mass is 340 g/mol. The van der Waals surface area contributed by atoms with Gasteiger partial charge in [0.25, 0.3) is 0 Å². The Morgan fingerprint density at radius 2 is 1.62 bits per heavy atom. The lowest BCUT2D eigenvalue weighted by Crippen LogP contribution is -2.50. The summed E-state index contributed by atoms with van der Waals surface area (Å²) >= 11 is 0. The third kappa shape index (κ3) is 10.8. The van der Waals surface area contributed by atoms with Crippen molar-refractivity contribution in [1.82, 2.24) is 0 Å². The molecule has 0 aliphatic carbocycles. The Morgan fingerprint density at radius 3 is 2.00 bits per heavy atom. The first-order valence-corrected chi connectivity index (χ1v) is 9.91. The molecule has 0 amide bonds. The third-order valence-electron chi connectivity index (χ3n) is 3.13. The smallest absolute Gasteiger partial charge is 0.132 e. The molecule has 0 heterocycles. The van der Waals surface area contributed by atoms with Crippen LogP contribution >= 0.6 is 7.60 Å². The summed E-state index contributed by atoms with van der Waals surface area (Å²) in [6.07, 6.45) is 3.40. The number of hydrogen-bond acceptors (Lipinski definition) is 5. The van der Waals surface area contributed by atoms with Gasteiger partial charge in [-0.05, 0) is 12.2 Å². The van der Waals surface area contributed by atoms with Crippen LogP contribution in [0.15, 0.2) is 25.3 Å². The second kappa shape index (κ2) is 8.82. The van der Waals surface area contributed by atoms with Crippen LogP contribution in [0.25, 0.3) is 0 Å². The van der Waals surface area contributed by atoms with Gasteiger partial charge in [-0.15, -0.1) is 0 Å². The normalized spacial score (nSPS) is 15.4. The van der Waals surface area contributed by atoms with Crippen LogP contribution < -0.4 is 4.89 Å². The van der Waals surface area contributed by atoms with Crippen molar-refractivity contribution in [3.8, 4) is 0 Å². The Labute approximate surface area is 126 Å². The molecule has 0 saturated heterocycles. The Hall–Kier alpha value is -0.500. The zero-order valence-electron chi connectivity index (χ0n) is 12.0. The summed E-state index contributed by atoms with van der Waals surface area (Å²) in [6.45, 7) is 9.11. The predicted molar refractivity (Wildman–Crippen MR) is 78.6 cm³/mol. The van der Waals surface area contributed by atoms with Gasteiger partial charge in [-0.3, -0.25) is 0 Å². The molecule has 7 nitrogen and oxygen atoms in total. The van der Waals surface area contributed by atoms with Crippen molar-refractivity contribution in [1.29, 1.82) is 0 Å². The van der Waals surface area contributed by atoms with E-state index >= 15 is 0 Å². The minimum atomic E-state index is -4.30. The number of quaternary nitrogens is 1. The highest BCUT2D eigenvalue weighted by Gasteiger charge is 2.24. The lowest BCUT2D eigenvalue weighted by atomic mass is 10.2. The van der Waals surface area contributed by atoms with E-state index in [0.29, 0.717) is 30.7 Å². The first-order chi connectivity index (χ1) is 9.54. The van der Waals surface area contributed by atoms with Crippen LogP contribution in [0.2, 0.25) is 0 Å². The Kier molecular flexibility index (Phi) is 8.61. The molecule has 0 fully saturated rings. The Bertz CT molecular complexity index is 474. The molecule has 0 aromatic carbocycles. The minimum absolute atomic E-state index is 0.182. The molecule has 124 valence electrons. The number of nitrogens with zero attached hydrogens (tertiary/aromatic N) is 1. The van der Waals surface area contributed by atoms with Gasteiger partial charge in [-0.25, -0.2) is 8.42 Å². The summed E-state index contributed by atoms with van der Waals surface area (Å²) in [4.78, 5) is 19.6. The molecule has 21 heavy (non-hydrogen) atoms. The summed E-state index contributed by atoms with van der Waals surface area (Å²) in [5, 5.41) is 0. The van der Waals surface area contributed by atoms with Gasteiger partial charge in [0.15, 0.2) is 0 Å². The van der Waals surface area contributed by atoms with Crippen LogP contribution in [0.1, 0.15) is 12.8 Å². The molecular formula is C12H23NO6PS-. The second-order valence-electron chi connectivity index (χ2n) is 5.06. The lowest BCUT2D eigenvalue weighted by molar-refractivity contribution is -0.917. The van der Waals surface area contributed by atoms with Gasteiger partial charge in [-0.2, -0.15) is 0 Å². The van der Waals surface area contributed by atoms with Crippen LogP contribution in [-0.2, 0) is 14.7 Å². The molecule has 0 aliphatic rings. The Balaban J connectivity index is 4.76. The van der Waals surface area contributed by atoms with Gasteiger partial charge in [0, 0.05) is 24.8 Å². The number of hydrogen-bond donors (Lipinski definition) is 1. The van der Waals surface area contributed by atoms with E-state index in [1.54, 1.807) is 12.2 Å². The molecule has 1 atom stereocenters. The molecule has 0 aliphatic heterocycles. The zero-order valence-corrected chi connectivity index (χ0v) is 13.7. The first-order valence-electron chi connectivity index (χ1n) is 6.57. The molecule has 9 heteroatoms. The molecule has 0 rings (SSSR count).